The van der Waals surface area contributed by atoms with Crippen LogP contribution in [0.3, 0.4) is 0 Å². The predicted molar refractivity (Wildman–Crippen MR) is 122 cm³/mol. The number of hydrogen-bond donors (Lipinski definition) is 0. The van der Waals surface area contributed by atoms with E-state index in [0.29, 0.717) is 22.3 Å². The third kappa shape index (κ3) is 3.85. The summed E-state index contributed by atoms with van der Waals surface area (Å²) >= 11 is 0. The number of alkyl halides is 3. The molecular weight excluding hydrogens is 443 g/mol. The number of hydrogen-bond acceptors (Lipinski definition) is 4. The van der Waals surface area contributed by atoms with Crippen LogP contribution in [-0.2, 0) is 6.18 Å². The summed E-state index contributed by atoms with van der Waals surface area (Å²) in [6, 6.07) is 16.8. The Hall–Kier alpha value is -4.27. The van der Waals surface area contributed by atoms with Crippen molar-refractivity contribution in [2.75, 3.05) is 0 Å². The maximum Gasteiger partial charge on any atom is 0.416 e. The minimum absolute atomic E-state index is 0.246. The normalized spacial score (nSPS) is 12.7. The molecule has 0 bridgehead atoms. The van der Waals surface area contributed by atoms with Crippen LogP contribution in [0.25, 0.3) is 28.0 Å². The second-order valence-electron chi connectivity index (χ2n) is 7.77. The van der Waals surface area contributed by atoms with Crippen LogP contribution >= 0.6 is 0 Å². The number of fused-ring (bicyclic) bond motifs is 1. The summed E-state index contributed by atoms with van der Waals surface area (Å²) < 4.78 is 42.7. The summed E-state index contributed by atoms with van der Waals surface area (Å²) in [4.78, 5) is 21.6. The first-order chi connectivity index (χ1) is 16.3. The van der Waals surface area contributed by atoms with Gasteiger partial charge < -0.3 is 4.57 Å². The fourth-order valence-corrected chi connectivity index (χ4v) is 3.88. The number of benzene rings is 1. The van der Waals surface area contributed by atoms with Crippen LogP contribution in [0.5, 0.6) is 0 Å². The molecule has 4 heterocycles. The number of halogens is 3. The molecular formula is C25H18F3N5O. The highest BCUT2D eigenvalue weighted by molar-refractivity contribution is 5.90. The Kier molecular flexibility index (Phi) is 5.24. The Bertz CT molecular complexity index is 1540. The van der Waals surface area contributed by atoms with Crippen molar-refractivity contribution in [1.29, 1.82) is 0 Å². The van der Waals surface area contributed by atoms with Crippen molar-refractivity contribution in [2.24, 2.45) is 0 Å². The molecule has 0 aliphatic carbocycles. The fourth-order valence-electron chi connectivity index (χ4n) is 3.88. The van der Waals surface area contributed by atoms with E-state index in [2.05, 4.69) is 15.1 Å². The molecule has 0 saturated carbocycles. The van der Waals surface area contributed by atoms with E-state index in [-0.39, 0.29) is 17.3 Å². The summed E-state index contributed by atoms with van der Waals surface area (Å²) in [5.41, 5.74) is 1.90. The van der Waals surface area contributed by atoms with Gasteiger partial charge in [-0.1, -0.05) is 12.1 Å². The van der Waals surface area contributed by atoms with Crippen molar-refractivity contribution in [2.45, 2.75) is 19.1 Å². The lowest BCUT2D eigenvalue weighted by molar-refractivity contribution is -0.137. The average molecular weight is 461 g/mol. The first kappa shape index (κ1) is 21.6. The summed E-state index contributed by atoms with van der Waals surface area (Å²) in [5, 5.41) is 4.55. The van der Waals surface area contributed by atoms with Gasteiger partial charge in [0.15, 0.2) is 0 Å². The Morgan fingerprint density at radius 2 is 1.74 bits per heavy atom. The molecule has 9 heteroatoms. The van der Waals surface area contributed by atoms with Gasteiger partial charge in [-0.3, -0.25) is 14.8 Å². The third-order valence-corrected chi connectivity index (χ3v) is 5.61. The Balaban J connectivity index is 1.61. The second-order valence-corrected chi connectivity index (χ2v) is 7.77. The van der Waals surface area contributed by atoms with Crippen LogP contribution in [0.2, 0.25) is 0 Å². The quantitative estimate of drug-likeness (QED) is 0.366. The first-order valence-corrected chi connectivity index (χ1v) is 10.5. The SMILES string of the molecule is C[C@@H](c1ccccn1)n1ccc(-c2nn(-c3cccc(C(F)(F)F)c3)c3cccnc23)cc1=O. The van der Waals surface area contributed by atoms with Crippen molar-refractivity contribution in [3.8, 4) is 16.9 Å². The monoisotopic (exact) mass is 461 g/mol. The molecule has 0 saturated heterocycles. The Morgan fingerprint density at radius 3 is 2.47 bits per heavy atom. The van der Waals surface area contributed by atoms with Gasteiger partial charge in [0.1, 0.15) is 11.2 Å². The number of pyridine rings is 3. The lowest BCUT2D eigenvalue weighted by atomic mass is 10.1. The molecule has 0 aliphatic heterocycles. The Labute approximate surface area is 192 Å². The van der Waals surface area contributed by atoms with E-state index < -0.39 is 11.7 Å². The molecule has 4 aromatic heterocycles. The van der Waals surface area contributed by atoms with E-state index >= 15 is 0 Å². The summed E-state index contributed by atoms with van der Waals surface area (Å²) in [6.45, 7) is 1.88. The molecule has 0 unspecified atom stereocenters. The highest BCUT2D eigenvalue weighted by Crippen LogP contribution is 2.32. The van der Waals surface area contributed by atoms with Crippen LogP contribution < -0.4 is 5.56 Å². The van der Waals surface area contributed by atoms with Gasteiger partial charge in [-0.05, 0) is 55.5 Å². The standard InChI is InChI=1S/C25H18F3N5O/c1-16(20-8-2-3-11-29-20)32-13-10-17(14-22(32)34)23-24-21(9-5-12-30-24)33(31-23)19-7-4-6-18(15-19)25(26,27)28/h2-16H,1H3/t16-/m0/s1. The maximum absolute atomic E-state index is 13.3. The first-order valence-electron chi connectivity index (χ1n) is 10.5. The summed E-state index contributed by atoms with van der Waals surface area (Å²) in [5.74, 6) is 0. The van der Waals surface area contributed by atoms with E-state index in [1.54, 1.807) is 53.5 Å². The van der Waals surface area contributed by atoms with Gasteiger partial charge in [0.05, 0.1) is 28.5 Å². The van der Waals surface area contributed by atoms with Crippen LogP contribution in [0, 0.1) is 0 Å². The average Bonchev–Trinajstić information content (AvgIpc) is 3.23. The predicted octanol–water partition coefficient (Wildman–Crippen LogP) is 5.27. The number of nitrogens with zero attached hydrogens (tertiary/aromatic N) is 5. The molecule has 0 radical (unpaired) electrons. The van der Waals surface area contributed by atoms with Gasteiger partial charge in [0, 0.05) is 30.2 Å². The van der Waals surface area contributed by atoms with E-state index in [9.17, 15) is 18.0 Å². The van der Waals surface area contributed by atoms with E-state index in [0.717, 1.165) is 17.8 Å². The van der Waals surface area contributed by atoms with Gasteiger partial charge in [-0.2, -0.15) is 18.3 Å². The zero-order chi connectivity index (χ0) is 23.9. The van der Waals surface area contributed by atoms with Crippen molar-refractivity contribution in [3.63, 3.8) is 0 Å². The molecule has 0 N–H and O–H groups in total. The molecule has 0 amide bonds. The van der Waals surface area contributed by atoms with E-state index in [4.69, 9.17) is 0 Å². The lowest BCUT2D eigenvalue weighted by Gasteiger charge is -2.14. The van der Waals surface area contributed by atoms with Gasteiger partial charge in [-0.25, -0.2) is 4.68 Å². The molecule has 0 spiro atoms. The highest BCUT2D eigenvalue weighted by atomic mass is 19.4. The molecule has 170 valence electrons. The summed E-state index contributed by atoms with van der Waals surface area (Å²) in [6.07, 6.45) is 0.432. The minimum Gasteiger partial charge on any atom is -0.307 e. The molecule has 0 aliphatic rings. The van der Waals surface area contributed by atoms with Gasteiger partial charge in [0.25, 0.3) is 5.56 Å². The summed E-state index contributed by atoms with van der Waals surface area (Å²) in [7, 11) is 0. The van der Waals surface area contributed by atoms with E-state index in [1.165, 1.54) is 16.8 Å². The van der Waals surface area contributed by atoms with Gasteiger partial charge in [-0.15, -0.1) is 0 Å². The molecule has 34 heavy (non-hydrogen) atoms. The molecule has 1 atom stereocenters. The van der Waals surface area contributed by atoms with Crippen molar-refractivity contribution >= 4 is 11.0 Å². The topological polar surface area (TPSA) is 65.6 Å². The van der Waals surface area contributed by atoms with Crippen LogP contribution in [0.1, 0.15) is 24.2 Å². The zero-order valence-electron chi connectivity index (χ0n) is 17.9. The lowest BCUT2D eigenvalue weighted by Crippen LogP contribution is -2.23. The zero-order valence-corrected chi connectivity index (χ0v) is 17.9. The fraction of sp³-hybridized carbons (Fsp3) is 0.120. The highest BCUT2D eigenvalue weighted by Gasteiger charge is 2.31. The molecule has 0 fully saturated rings. The molecule has 5 aromatic rings. The number of rotatable bonds is 4. The van der Waals surface area contributed by atoms with Crippen LogP contribution in [0.4, 0.5) is 13.2 Å². The van der Waals surface area contributed by atoms with Gasteiger partial charge in [0.2, 0.25) is 0 Å². The number of aromatic nitrogens is 5. The second kappa shape index (κ2) is 8.26. The molecule has 6 nitrogen and oxygen atoms in total. The maximum atomic E-state index is 13.3. The van der Waals surface area contributed by atoms with Crippen molar-refractivity contribution < 1.29 is 13.2 Å². The Morgan fingerprint density at radius 1 is 0.912 bits per heavy atom. The van der Waals surface area contributed by atoms with Crippen LogP contribution in [-0.4, -0.2) is 24.3 Å². The largest absolute Gasteiger partial charge is 0.416 e. The molecule has 5 rings (SSSR count). The van der Waals surface area contributed by atoms with Crippen molar-refractivity contribution in [1.82, 2.24) is 24.3 Å². The minimum atomic E-state index is -4.48. The van der Waals surface area contributed by atoms with Crippen LogP contribution in [0.15, 0.2) is 90.1 Å². The van der Waals surface area contributed by atoms with Gasteiger partial charge >= 0.3 is 6.18 Å². The van der Waals surface area contributed by atoms with E-state index in [1.807, 2.05) is 19.1 Å². The third-order valence-electron chi connectivity index (χ3n) is 5.61. The smallest absolute Gasteiger partial charge is 0.307 e. The molecule has 1 aromatic carbocycles. The van der Waals surface area contributed by atoms with Crippen molar-refractivity contribution in [3.05, 3.63) is 107 Å².